The van der Waals surface area contributed by atoms with E-state index in [1.807, 2.05) is 30.3 Å². The second-order valence-electron chi connectivity index (χ2n) is 6.45. The number of aromatic nitrogens is 1. The largest absolute Gasteiger partial charge is 0.340 e. The molecule has 0 fully saturated rings. The molecule has 1 aliphatic heterocycles. The fraction of sp³-hybridized carbons (Fsp3) is 0.100. The van der Waals surface area contributed by atoms with Crippen LogP contribution in [-0.4, -0.2) is 26.4 Å². The van der Waals surface area contributed by atoms with Gasteiger partial charge in [0.2, 0.25) is 5.91 Å². The van der Waals surface area contributed by atoms with Crippen molar-refractivity contribution in [1.29, 1.82) is 0 Å². The van der Waals surface area contributed by atoms with Crippen molar-refractivity contribution < 1.29 is 13.2 Å². The number of likely N-dealkylation sites (N-methyl/N-ethyl adjacent to an activating group) is 1. The van der Waals surface area contributed by atoms with Crippen molar-refractivity contribution in [1.82, 2.24) is 4.98 Å². The predicted molar refractivity (Wildman–Crippen MR) is 108 cm³/mol. The minimum Gasteiger partial charge on any atom is -0.340 e. The van der Waals surface area contributed by atoms with Gasteiger partial charge in [0.15, 0.2) is 0 Å². The second kappa shape index (κ2) is 6.97. The lowest BCUT2D eigenvalue weighted by Crippen LogP contribution is -2.20. The fourth-order valence-corrected chi connectivity index (χ4v) is 4.12. The first-order valence-electron chi connectivity index (χ1n) is 8.63. The molecule has 0 saturated heterocycles. The number of nitrogens with one attached hydrogen (secondary N) is 2. The van der Waals surface area contributed by atoms with Crippen LogP contribution in [0, 0.1) is 0 Å². The number of amides is 1. The van der Waals surface area contributed by atoms with E-state index in [2.05, 4.69) is 15.0 Å². The number of para-hydroxylation sites is 1. The summed E-state index contributed by atoms with van der Waals surface area (Å²) in [5.74, 6) is 0.552. The smallest absolute Gasteiger partial charge is 0.261 e. The number of hydrogen-bond acceptors (Lipinski definition) is 5. The standard InChI is InChI=1S/C20H18N4O3S/c1-24-18-9-8-17(11-14(18)12-20(24)25)28(26,27)23-16-7-10-19(21-13-16)22-15-5-3-2-4-6-15/h2-11,13,23H,12H2,1H3,(H,21,22). The van der Waals surface area contributed by atoms with Gasteiger partial charge in [-0.05, 0) is 48.0 Å². The molecule has 2 N–H and O–H groups in total. The number of hydrogen-bond donors (Lipinski definition) is 2. The van der Waals surface area contributed by atoms with E-state index in [9.17, 15) is 13.2 Å². The third-order valence-corrected chi connectivity index (χ3v) is 5.88. The Morgan fingerprint density at radius 2 is 1.79 bits per heavy atom. The lowest BCUT2D eigenvalue weighted by Gasteiger charge is -2.12. The monoisotopic (exact) mass is 394 g/mol. The van der Waals surface area contributed by atoms with Gasteiger partial charge >= 0.3 is 0 Å². The van der Waals surface area contributed by atoms with Gasteiger partial charge < -0.3 is 10.2 Å². The van der Waals surface area contributed by atoms with Crippen molar-refractivity contribution in [2.45, 2.75) is 11.3 Å². The summed E-state index contributed by atoms with van der Waals surface area (Å²) < 4.78 is 27.9. The summed E-state index contributed by atoms with van der Waals surface area (Å²) in [6.45, 7) is 0. The summed E-state index contributed by atoms with van der Waals surface area (Å²) >= 11 is 0. The van der Waals surface area contributed by atoms with Crippen LogP contribution in [0.25, 0.3) is 0 Å². The first-order valence-corrected chi connectivity index (χ1v) is 10.1. The molecule has 0 saturated carbocycles. The molecule has 1 aliphatic rings. The molecular formula is C20H18N4O3S. The Labute approximate surface area is 163 Å². The SMILES string of the molecule is CN1C(=O)Cc2cc(S(=O)(=O)Nc3ccc(Nc4ccccc4)nc3)ccc21. The van der Waals surface area contributed by atoms with Crippen LogP contribution in [-0.2, 0) is 21.2 Å². The minimum atomic E-state index is -3.78. The highest BCUT2D eigenvalue weighted by Crippen LogP contribution is 2.30. The number of carbonyl (C=O) groups is 1. The summed E-state index contributed by atoms with van der Waals surface area (Å²) in [6.07, 6.45) is 1.66. The molecule has 4 rings (SSSR count). The molecule has 142 valence electrons. The Bertz CT molecular complexity index is 1130. The molecule has 0 aliphatic carbocycles. The highest BCUT2D eigenvalue weighted by Gasteiger charge is 2.26. The van der Waals surface area contributed by atoms with E-state index in [4.69, 9.17) is 0 Å². The van der Waals surface area contributed by atoms with Crippen LogP contribution < -0.4 is 14.9 Å². The number of pyridine rings is 1. The summed E-state index contributed by atoms with van der Waals surface area (Å²) in [5, 5.41) is 3.14. The highest BCUT2D eigenvalue weighted by molar-refractivity contribution is 7.92. The van der Waals surface area contributed by atoms with E-state index >= 15 is 0 Å². The molecule has 7 nitrogen and oxygen atoms in total. The molecule has 28 heavy (non-hydrogen) atoms. The number of anilines is 4. The van der Waals surface area contributed by atoms with Gasteiger partial charge in [-0.25, -0.2) is 13.4 Å². The lowest BCUT2D eigenvalue weighted by atomic mass is 10.2. The van der Waals surface area contributed by atoms with Crippen molar-refractivity contribution in [2.75, 3.05) is 22.0 Å². The quantitative estimate of drug-likeness (QED) is 0.694. The normalized spacial score (nSPS) is 13.3. The number of sulfonamides is 1. The number of rotatable bonds is 5. The second-order valence-corrected chi connectivity index (χ2v) is 8.13. The van der Waals surface area contributed by atoms with Crippen LogP contribution in [0.2, 0.25) is 0 Å². The molecule has 0 spiro atoms. The topological polar surface area (TPSA) is 91.4 Å². The minimum absolute atomic E-state index is 0.0526. The van der Waals surface area contributed by atoms with Gasteiger partial charge in [0.05, 0.1) is 23.2 Å². The molecule has 8 heteroatoms. The van der Waals surface area contributed by atoms with Crippen LogP contribution in [0.1, 0.15) is 5.56 Å². The number of fused-ring (bicyclic) bond motifs is 1. The Morgan fingerprint density at radius 3 is 2.50 bits per heavy atom. The van der Waals surface area contributed by atoms with E-state index in [0.29, 0.717) is 17.1 Å². The number of carbonyl (C=O) groups excluding carboxylic acids is 1. The average molecular weight is 394 g/mol. The summed E-state index contributed by atoms with van der Waals surface area (Å²) in [4.78, 5) is 17.7. The Hall–Kier alpha value is -3.39. The molecule has 2 aromatic carbocycles. The maximum Gasteiger partial charge on any atom is 0.261 e. The Morgan fingerprint density at radius 1 is 1.00 bits per heavy atom. The van der Waals surface area contributed by atoms with Crippen LogP contribution in [0.3, 0.4) is 0 Å². The molecule has 0 bridgehead atoms. The van der Waals surface area contributed by atoms with E-state index in [0.717, 1.165) is 11.4 Å². The zero-order valence-corrected chi connectivity index (χ0v) is 15.9. The first-order chi connectivity index (χ1) is 13.4. The molecule has 1 amide bonds. The Balaban J connectivity index is 1.51. The molecule has 1 aromatic heterocycles. The highest BCUT2D eigenvalue weighted by atomic mass is 32.2. The third-order valence-electron chi connectivity index (χ3n) is 4.50. The van der Waals surface area contributed by atoms with Gasteiger partial charge in [-0.2, -0.15) is 0 Å². The molecule has 0 atom stereocenters. The van der Waals surface area contributed by atoms with Gasteiger partial charge in [0.1, 0.15) is 5.82 Å². The third kappa shape index (κ3) is 3.54. The summed E-state index contributed by atoms with van der Waals surface area (Å²) in [5.41, 5.74) is 2.69. The van der Waals surface area contributed by atoms with Gasteiger partial charge in [-0.15, -0.1) is 0 Å². The van der Waals surface area contributed by atoms with Gasteiger partial charge in [-0.1, -0.05) is 18.2 Å². The van der Waals surface area contributed by atoms with Crippen LogP contribution in [0.15, 0.2) is 71.8 Å². The van der Waals surface area contributed by atoms with Crippen molar-refractivity contribution in [2.24, 2.45) is 0 Å². The van der Waals surface area contributed by atoms with E-state index in [-0.39, 0.29) is 17.2 Å². The molecule has 2 heterocycles. The zero-order valence-electron chi connectivity index (χ0n) is 15.1. The van der Waals surface area contributed by atoms with E-state index < -0.39 is 10.0 Å². The first kappa shape index (κ1) is 18.0. The van der Waals surface area contributed by atoms with Gasteiger partial charge in [0, 0.05) is 18.4 Å². The number of nitrogens with zero attached hydrogens (tertiary/aromatic N) is 2. The molecule has 0 unspecified atom stereocenters. The number of benzene rings is 2. The maximum atomic E-state index is 12.7. The fourth-order valence-electron chi connectivity index (χ4n) is 3.03. The molecule has 3 aromatic rings. The molecular weight excluding hydrogens is 376 g/mol. The Kier molecular flexibility index (Phi) is 4.48. The van der Waals surface area contributed by atoms with Crippen LogP contribution >= 0.6 is 0 Å². The van der Waals surface area contributed by atoms with E-state index in [1.54, 1.807) is 25.2 Å². The van der Waals surface area contributed by atoms with Gasteiger partial charge in [-0.3, -0.25) is 9.52 Å². The van der Waals surface area contributed by atoms with Crippen molar-refractivity contribution in [3.63, 3.8) is 0 Å². The molecule has 0 radical (unpaired) electrons. The van der Waals surface area contributed by atoms with Crippen LogP contribution in [0.5, 0.6) is 0 Å². The maximum absolute atomic E-state index is 12.7. The van der Waals surface area contributed by atoms with E-state index in [1.165, 1.54) is 23.2 Å². The average Bonchev–Trinajstić information content (AvgIpc) is 2.97. The van der Waals surface area contributed by atoms with Gasteiger partial charge in [0.25, 0.3) is 10.0 Å². The van der Waals surface area contributed by atoms with Crippen molar-refractivity contribution in [3.05, 3.63) is 72.4 Å². The summed E-state index contributed by atoms with van der Waals surface area (Å²) in [6, 6.07) is 17.6. The van der Waals surface area contributed by atoms with Crippen molar-refractivity contribution >= 4 is 38.8 Å². The predicted octanol–water partition coefficient (Wildman–Crippen LogP) is 3.14. The lowest BCUT2D eigenvalue weighted by molar-refractivity contribution is -0.117. The summed E-state index contributed by atoms with van der Waals surface area (Å²) in [7, 11) is -2.10. The zero-order chi connectivity index (χ0) is 19.7. The van der Waals surface area contributed by atoms with Crippen molar-refractivity contribution in [3.8, 4) is 0 Å². The van der Waals surface area contributed by atoms with Crippen LogP contribution in [0.4, 0.5) is 22.9 Å².